The molecule has 0 aliphatic heterocycles. The van der Waals surface area contributed by atoms with Gasteiger partial charge in [-0.25, -0.2) is 4.79 Å². The highest BCUT2D eigenvalue weighted by atomic mass is 16.5. The number of benzene rings is 2. The Labute approximate surface area is 162 Å². The number of ether oxygens (including phenoxy) is 2. The highest BCUT2D eigenvalue weighted by Gasteiger charge is 2.16. The number of nitrogens with one attached hydrogen (secondary N) is 1. The molecule has 0 radical (unpaired) electrons. The van der Waals surface area contributed by atoms with Gasteiger partial charge in [0, 0.05) is 5.56 Å². The van der Waals surface area contributed by atoms with Gasteiger partial charge in [0.2, 0.25) is 0 Å². The standard InChI is InChI=1S/C22H22N2O4/c1-15(18-9-11-19(27-3)12-10-18)20-16(2)21(25)23-22(26)24(20)14-28-13-17-7-5-4-6-8-17/h4-12H,1,13-14H2,2-3H3,(H,23,25,26). The van der Waals surface area contributed by atoms with Crippen LogP contribution < -0.4 is 16.0 Å². The molecule has 0 fully saturated rings. The molecule has 0 aliphatic rings. The van der Waals surface area contributed by atoms with Crippen molar-refractivity contribution in [3.05, 3.63) is 104 Å². The van der Waals surface area contributed by atoms with E-state index in [9.17, 15) is 9.59 Å². The van der Waals surface area contributed by atoms with E-state index in [4.69, 9.17) is 9.47 Å². The molecule has 0 unspecified atom stereocenters. The Bertz CT molecular complexity index is 1080. The first kappa shape index (κ1) is 19.4. The van der Waals surface area contributed by atoms with Gasteiger partial charge in [0.05, 0.1) is 19.4 Å². The first-order chi connectivity index (χ1) is 13.5. The molecule has 0 aliphatic carbocycles. The largest absolute Gasteiger partial charge is 0.497 e. The quantitative estimate of drug-likeness (QED) is 0.686. The number of rotatable bonds is 7. The molecule has 1 aromatic heterocycles. The minimum Gasteiger partial charge on any atom is -0.497 e. The van der Waals surface area contributed by atoms with Crippen LogP contribution in [0.25, 0.3) is 5.57 Å². The maximum absolute atomic E-state index is 12.5. The Balaban J connectivity index is 1.93. The van der Waals surface area contributed by atoms with Crippen LogP contribution in [0.4, 0.5) is 0 Å². The molecule has 1 heterocycles. The van der Waals surface area contributed by atoms with Gasteiger partial charge in [0.15, 0.2) is 0 Å². The third-order valence-electron chi connectivity index (χ3n) is 4.49. The lowest BCUT2D eigenvalue weighted by Crippen LogP contribution is -2.35. The van der Waals surface area contributed by atoms with Gasteiger partial charge >= 0.3 is 5.69 Å². The van der Waals surface area contributed by atoms with Crippen molar-refractivity contribution in [3.63, 3.8) is 0 Å². The van der Waals surface area contributed by atoms with Crippen LogP contribution in [0.2, 0.25) is 0 Å². The van der Waals surface area contributed by atoms with Gasteiger partial charge in [0.1, 0.15) is 12.5 Å². The summed E-state index contributed by atoms with van der Waals surface area (Å²) in [5.41, 5.74) is 2.22. The van der Waals surface area contributed by atoms with Crippen molar-refractivity contribution in [3.8, 4) is 5.75 Å². The van der Waals surface area contributed by atoms with Crippen LogP contribution in [0.15, 0.2) is 70.8 Å². The summed E-state index contributed by atoms with van der Waals surface area (Å²) in [6.07, 6.45) is 0. The molecule has 3 aromatic rings. The third-order valence-corrected chi connectivity index (χ3v) is 4.49. The van der Waals surface area contributed by atoms with Crippen LogP contribution in [0.1, 0.15) is 22.4 Å². The number of hydrogen-bond donors (Lipinski definition) is 1. The Morgan fingerprint density at radius 2 is 1.75 bits per heavy atom. The van der Waals surface area contributed by atoms with Gasteiger partial charge in [-0.2, -0.15) is 0 Å². The lowest BCUT2D eigenvalue weighted by Gasteiger charge is -2.17. The number of aromatic nitrogens is 2. The molecule has 0 saturated heterocycles. The van der Waals surface area contributed by atoms with Crippen molar-refractivity contribution in [1.82, 2.24) is 9.55 Å². The van der Waals surface area contributed by atoms with E-state index in [0.29, 0.717) is 29.2 Å². The zero-order valence-corrected chi connectivity index (χ0v) is 15.9. The van der Waals surface area contributed by atoms with Crippen LogP contribution >= 0.6 is 0 Å². The van der Waals surface area contributed by atoms with Crippen molar-refractivity contribution in [2.24, 2.45) is 0 Å². The summed E-state index contributed by atoms with van der Waals surface area (Å²) in [7, 11) is 1.59. The summed E-state index contributed by atoms with van der Waals surface area (Å²) in [5, 5.41) is 0. The van der Waals surface area contributed by atoms with E-state index in [1.165, 1.54) is 4.57 Å². The van der Waals surface area contributed by atoms with Gasteiger partial charge in [-0.05, 0) is 35.8 Å². The third kappa shape index (κ3) is 4.13. The van der Waals surface area contributed by atoms with E-state index in [2.05, 4.69) is 11.6 Å². The van der Waals surface area contributed by atoms with Crippen LogP contribution in [0.5, 0.6) is 5.75 Å². The topological polar surface area (TPSA) is 73.3 Å². The summed E-state index contributed by atoms with van der Waals surface area (Å²) in [6, 6.07) is 16.9. The van der Waals surface area contributed by atoms with Gasteiger partial charge in [-0.1, -0.05) is 49.0 Å². The monoisotopic (exact) mass is 378 g/mol. The number of hydrogen-bond acceptors (Lipinski definition) is 4. The molecule has 0 bridgehead atoms. The molecule has 0 amide bonds. The van der Waals surface area contributed by atoms with Gasteiger partial charge < -0.3 is 9.47 Å². The molecule has 2 aromatic carbocycles. The predicted octanol–water partition coefficient (Wildman–Crippen LogP) is 3.09. The maximum Gasteiger partial charge on any atom is 0.330 e. The van der Waals surface area contributed by atoms with Crippen LogP contribution in [-0.2, 0) is 18.1 Å². The molecular formula is C22H22N2O4. The molecule has 6 heteroatoms. The minimum absolute atomic E-state index is 0.00411. The SMILES string of the molecule is C=C(c1ccc(OC)cc1)c1c(C)c(=O)[nH]c(=O)n1COCc1ccccc1. The van der Waals surface area contributed by atoms with E-state index >= 15 is 0 Å². The smallest absolute Gasteiger partial charge is 0.330 e. The fourth-order valence-corrected chi connectivity index (χ4v) is 2.94. The molecule has 28 heavy (non-hydrogen) atoms. The normalized spacial score (nSPS) is 10.6. The summed E-state index contributed by atoms with van der Waals surface area (Å²) in [5.74, 6) is 0.711. The molecule has 144 valence electrons. The number of nitrogens with zero attached hydrogens (tertiary/aromatic N) is 1. The molecule has 0 atom stereocenters. The first-order valence-corrected chi connectivity index (χ1v) is 8.80. The van der Waals surface area contributed by atoms with Crippen molar-refractivity contribution < 1.29 is 9.47 Å². The number of H-pyrrole nitrogens is 1. The number of methoxy groups -OCH3 is 1. The molecular weight excluding hydrogens is 356 g/mol. The summed E-state index contributed by atoms with van der Waals surface area (Å²) in [6.45, 7) is 6.12. The first-order valence-electron chi connectivity index (χ1n) is 8.80. The van der Waals surface area contributed by atoms with E-state index in [1.54, 1.807) is 26.2 Å². The molecule has 6 nitrogen and oxygen atoms in total. The average molecular weight is 378 g/mol. The van der Waals surface area contributed by atoms with Gasteiger partial charge in [0.25, 0.3) is 5.56 Å². The lowest BCUT2D eigenvalue weighted by atomic mass is 10.0. The van der Waals surface area contributed by atoms with E-state index in [-0.39, 0.29) is 6.73 Å². The summed E-state index contributed by atoms with van der Waals surface area (Å²) < 4.78 is 12.3. The predicted molar refractivity (Wildman–Crippen MR) is 108 cm³/mol. The number of aromatic amines is 1. The second-order valence-corrected chi connectivity index (χ2v) is 6.33. The molecule has 3 rings (SSSR count). The van der Waals surface area contributed by atoms with Crippen molar-refractivity contribution in [1.29, 1.82) is 0 Å². The second-order valence-electron chi connectivity index (χ2n) is 6.33. The zero-order chi connectivity index (χ0) is 20.1. The molecule has 0 spiro atoms. The van der Waals surface area contributed by atoms with Crippen molar-refractivity contribution in [2.45, 2.75) is 20.3 Å². The fourth-order valence-electron chi connectivity index (χ4n) is 2.94. The van der Waals surface area contributed by atoms with Gasteiger partial charge in [-0.15, -0.1) is 0 Å². The van der Waals surface area contributed by atoms with E-state index in [1.807, 2.05) is 42.5 Å². The maximum atomic E-state index is 12.5. The second kappa shape index (κ2) is 8.54. The fraction of sp³-hybridized carbons (Fsp3) is 0.182. The van der Waals surface area contributed by atoms with Crippen molar-refractivity contribution >= 4 is 5.57 Å². The Kier molecular flexibility index (Phi) is 5.91. The Morgan fingerprint density at radius 3 is 2.39 bits per heavy atom. The van der Waals surface area contributed by atoms with Crippen LogP contribution in [0, 0.1) is 6.92 Å². The minimum atomic E-state index is -0.534. The molecule has 0 saturated carbocycles. The highest BCUT2D eigenvalue weighted by molar-refractivity contribution is 5.77. The van der Waals surface area contributed by atoms with Gasteiger partial charge in [-0.3, -0.25) is 14.3 Å². The average Bonchev–Trinajstić information content (AvgIpc) is 2.72. The van der Waals surface area contributed by atoms with E-state index in [0.717, 1.165) is 11.1 Å². The lowest BCUT2D eigenvalue weighted by molar-refractivity contribution is 0.0601. The summed E-state index contributed by atoms with van der Waals surface area (Å²) >= 11 is 0. The molecule has 1 N–H and O–H groups in total. The highest BCUT2D eigenvalue weighted by Crippen LogP contribution is 2.24. The summed E-state index contributed by atoms with van der Waals surface area (Å²) in [4.78, 5) is 27.0. The Hall–Kier alpha value is -3.38. The van der Waals surface area contributed by atoms with Crippen molar-refractivity contribution in [2.75, 3.05) is 7.11 Å². The van der Waals surface area contributed by atoms with E-state index < -0.39 is 11.2 Å². The van der Waals surface area contributed by atoms with Crippen LogP contribution in [-0.4, -0.2) is 16.7 Å². The zero-order valence-electron chi connectivity index (χ0n) is 15.9. The Morgan fingerprint density at radius 1 is 1.07 bits per heavy atom. The van der Waals surface area contributed by atoms with Crippen LogP contribution in [0.3, 0.4) is 0 Å².